The maximum atomic E-state index is 14.3. The monoisotopic (exact) mass is 633 g/mol. The molecule has 2 aromatic rings. The van der Waals surface area contributed by atoms with Crippen molar-refractivity contribution < 1.29 is 42.7 Å². The van der Waals surface area contributed by atoms with Crippen LogP contribution in [0.25, 0.3) is 0 Å². The smallest absolute Gasteiger partial charge is 0.350 e. The lowest BCUT2D eigenvalue weighted by Gasteiger charge is -2.48. The zero-order valence-corrected chi connectivity index (χ0v) is 28.5. The Morgan fingerprint density at radius 2 is 1.32 bits per heavy atom. The molecule has 0 saturated carbocycles. The Kier molecular flexibility index (Phi) is 12.7. The molecule has 1 N–H and O–H groups in total. The molecule has 10 nitrogen and oxygen atoms in total. The van der Waals surface area contributed by atoms with Crippen LogP contribution >= 0.6 is 7.60 Å². The first-order chi connectivity index (χ1) is 20.3. The lowest BCUT2D eigenvalue weighted by Crippen LogP contribution is -2.56. The summed E-state index contributed by atoms with van der Waals surface area (Å²) in [6.07, 6.45) is -1.68. The summed E-state index contributed by atoms with van der Waals surface area (Å²) in [4.78, 5) is 45.0. The Morgan fingerprint density at radius 3 is 1.75 bits per heavy atom. The van der Waals surface area contributed by atoms with Crippen molar-refractivity contribution in [3.63, 3.8) is 0 Å². The van der Waals surface area contributed by atoms with Crippen LogP contribution in [0.1, 0.15) is 91.6 Å². The minimum atomic E-state index is -3.87. The second kappa shape index (κ2) is 14.9. The second-order valence-corrected chi connectivity index (χ2v) is 15.3. The molecule has 2 atom stereocenters. The summed E-state index contributed by atoms with van der Waals surface area (Å²) in [6.45, 7) is 17.7. The van der Waals surface area contributed by atoms with Crippen molar-refractivity contribution in [1.82, 2.24) is 5.06 Å². The Hall–Kier alpha value is -2.88. The van der Waals surface area contributed by atoms with E-state index >= 15 is 0 Å². The Labute approximate surface area is 261 Å². The molecule has 0 radical (unpaired) electrons. The fourth-order valence-electron chi connectivity index (χ4n) is 4.54. The highest BCUT2D eigenvalue weighted by Crippen LogP contribution is 2.61. The molecular formula is C33H48NO9P. The van der Waals surface area contributed by atoms with Crippen LogP contribution in [0, 0.1) is 10.8 Å². The minimum Gasteiger partial charge on any atom is -0.481 e. The number of hydroxylamine groups is 2. The van der Waals surface area contributed by atoms with E-state index in [1.807, 2.05) is 47.6 Å². The predicted molar refractivity (Wildman–Crippen MR) is 169 cm³/mol. The first-order valence-corrected chi connectivity index (χ1v) is 16.4. The Morgan fingerprint density at radius 1 is 0.818 bits per heavy atom. The number of carbonyl (C=O) groups excluding carboxylic acids is 2. The molecule has 0 spiro atoms. The lowest BCUT2D eigenvalue weighted by molar-refractivity contribution is -0.268. The van der Waals surface area contributed by atoms with Gasteiger partial charge in [0, 0.05) is 23.1 Å². The lowest BCUT2D eigenvalue weighted by atomic mass is 9.87. The molecule has 0 heterocycles. The average Bonchev–Trinajstić information content (AvgIpc) is 2.91. The van der Waals surface area contributed by atoms with Crippen LogP contribution in [0.3, 0.4) is 0 Å². The molecule has 0 aliphatic rings. The molecule has 0 fully saturated rings. The van der Waals surface area contributed by atoms with E-state index in [2.05, 4.69) is 0 Å². The van der Waals surface area contributed by atoms with Crippen LogP contribution in [-0.2, 0) is 28.0 Å². The van der Waals surface area contributed by atoms with Gasteiger partial charge in [-0.25, -0.2) is 4.79 Å². The van der Waals surface area contributed by atoms with Gasteiger partial charge in [0.15, 0.2) is 11.9 Å². The van der Waals surface area contributed by atoms with Crippen LogP contribution in [0.5, 0.6) is 5.75 Å². The van der Waals surface area contributed by atoms with Gasteiger partial charge in [-0.05, 0) is 78.1 Å². The molecule has 2 rings (SSSR count). The highest BCUT2D eigenvalue weighted by Gasteiger charge is 2.53. The number of hydrogen-bond donors (Lipinski definition) is 1. The van der Waals surface area contributed by atoms with E-state index in [4.69, 9.17) is 18.6 Å². The summed E-state index contributed by atoms with van der Waals surface area (Å²) in [6, 6.07) is 14.9. The van der Waals surface area contributed by atoms with Crippen LogP contribution in [-0.4, -0.2) is 58.5 Å². The number of nitrogens with zero attached hydrogens (tertiary/aromatic N) is 1. The normalized spacial score (nSPS) is 14.2. The predicted octanol–water partition coefficient (Wildman–Crippen LogP) is 7.36. The van der Waals surface area contributed by atoms with Crippen molar-refractivity contribution in [2.45, 2.75) is 93.1 Å². The first-order valence-electron chi connectivity index (χ1n) is 14.8. The van der Waals surface area contributed by atoms with Crippen molar-refractivity contribution in [1.29, 1.82) is 0 Å². The zero-order chi connectivity index (χ0) is 33.5. The van der Waals surface area contributed by atoms with Gasteiger partial charge in [-0.1, -0.05) is 51.1 Å². The summed E-state index contributed by atoms with van der Waals surface area (Å²) in [5, 5.41) is 11.3. The molecule has 44 heavy (non-hydrogen) atoms. The number of rotatable bonds is 15. The van der Waals surface area contributed by atoms with E-state index < -0.39 is 47.8 Å². The zero-order valence-electron chi connectivity index (χ0n) is 27.6. The molecule has 244 valence electrons. The summed E-state index contributed by atoms with van der Waals surface area (Å²) < 4.78 is 31.4. The van der Waals surface area contributed by atoms with Gasteiger partial charge >= 0.3 is 19.5 Å². The number of aliphatic carboxylic acids is 1. The van der Waals surface area contributed by atoms with Gasteiger partial charge in [0.1, 0.15) is 11.5 Å². The van der Waals surface area contributed by atoms with Crippen molar-refractivity contribution in [3.05, 3.63) is 65.7 Å². The van der Waals surface area contributed by atoms with E-state index in [0.29, 0.717) is 11.1 Å². The SMILES string of the molecule is CCOP(=O)(OCC)C(N(OC(CC(C)(C)C(=O)O)C(=O)Oc1ccc(C(=O)c2ccccc2)cc1)C(C)(C)C)C(C)(C)C. The molecule has 0 bridgehead atoms. The van der Waals surface area contributed by atoms with Gasteiger partial charge in [-0.3, -0.25) is 19.0 Å². The highest BCUT2D eigenvalue weighted by molar-refractivity contribution is 7.54. The molecule has 0 aliphatic heterocycles. The van der Waals surface area contributed by atoms with Gasteiger partial charge in [0.2, 0.25) is 0 Å². The van der Waals surface area contributed by atoms with E-state index in [-0.39, 0.29) is 31.2 Å². The average molecular weight is 634 g/mol. The summed E-state index contributed by atoms with van der Waals surface area (Å²) in [7, 11) is -3.87. The molecule has 0 saturated heterocycles. The number of carboxylic acids is 1. The number of carbonyl (C=O) groups is 3. The van der Waals surface area contributed by atoms with E-state index in [0.717, 1.165) is 0 Å². The van der Waals surface area contributed by atoms with Crippen molar-refractivity contribution in [3.8, 4) is 5.75 Å². The van der Waals surface area contributed by atoms with Crippen LogP contribution < -0.4 is 4.74 Å². The Bertz CT molecular complexity index is 1300. The fraction of sp³-hybridized carbons (Fsp3) is 0.545. The molecular weight excluding hydrogens is 585 g/mol. The second-order valence-electron chi connectivity index (χ2n) is 13.2. The summed E-state index contributed by atoms with van der Waals surface area (Å²) >= 11 is 0. The third kappa shape index (κ3) is 9.81. The number of hydrogen-bond acceptors (Lipinski definition) is 9. The van der Waals surface area contributed by atoms with Gasteiger partial charge in [0.25, 0.3) is 0 Å². The molecule has 0 aliphatic carbocycles. The summed E-state index contributed by atoms with van der Waals surface area (Å²) in [5.74, 6) is -3.01. The molecule has 2 aromatic carbocycles. The standard InChI is InChI=1S/C33H48NO9P/c1-11-40-44(39,41-12-2)29(31(3,4)5)34(32(6,7)8)43-26(22-33(9,10)30(37)38)28(36)42-25-20-18-24(19-21-25)27(35)23-16-14-13-15-17-23/h13-21,26,29H,11-12,22H2,1-10H3,(H,37,38). The van der Waals surface area contributed by atoms with E-state index in [9.17, 15) is 24.1 Å². The van der Waals surface area contributed by atoms with Crippen LogP contribution in [0.2, 0.25) is 0 Å². The quantitative estimate of drug-likeness (QED) is 0.0698. The highest BCUT2D eigenvalue weighted by atomic mass is 31.2. The van der Waals surface area contributed by atoms with Gasteiger partial charge in [-0.15, -0.1) is 0 Å². The molecule has 0 amide bonds. The number of esters is 1. The fourth-order valence-corrected chi connectivity index (χ4v) is 7.22. The molecule has 11 heteroatoms. The number of ether oxygens (including phenoxy) is 1. The molecule has 0 aromatic heterocycles. The molecule has 2 unspecified atom stereocenters. The first kappa shape index (κ1) is 37.3. The number of benzene rings is 2. The van der Waals surface area contributed by atoms with Crippen molar-refractivity contribution in [2.24, 2.45) is 10.8 Å². The minimum absolute atomic E-state index is 0.113. The third-order valence-electron chi connectivity index (χ3n) is 6.72. The number of ketones is 1. The van der Waals surface area contributed by atoms with Crippen molar-refractivity contribution >= 4 is 25.3 Å². The Balaban J connectivity index is 2.51. The topological polar surface area (TPSA) is 129 Å². The van der Waals surface area contributed by atoms with Crippen LogP contribution in [0.15, 0.2) is 54.6 Å². The number of carboxylic acid groups (broad SMARTS) is 1. The third-order valence-corrected chi connectivity index (χ3v) is 9.54. The summed E-state index contributed by atoms with van der Waals surface area (Å²) in [5.41, 5.74) is -2.06. The van der Waals surface area contributed by atoms with Gasteiger partial charge < -0.3 is 18.9 Å². The largest absolute Gasteiger partial charge is 0.481 e. The van der Waals surface area contributed by atoms with Gasteiger partial charge in [-0.2, -0.15) is 5.06 Å². The van der Waals surface area contributed by atoms with Gasteiger partial charge in [0.05, 0.1) is 18.6 Å². The van der Waals surface area contributed by atoms with Crippen molar-refractivity contribution in [2.75, 3.05) is 13.2 Å². The van der Waals surface area contributed by atoms with E-state index in [1.165, 1.54) is 31.0 Å². The maximum Gasteiger partial charge on any atom is 0.350 e. The maximum absolute atomic E-state index is 14.3. The van der Waals surface area contributed by atoms with E-state index in [1.54, 1.807) is 50.2 Å². The van der Waals surface area contributed by atoms with Crippen LogP contribution in [0.4, 0.5) is 0 Å².